The van der Waals surface area contributed by atoms with Gasteiger partial charge in [-0.3, -0.25) is 0 Å². The van der Waals surface area contributed by atoms with E-state index in [2.05, 4.69) is 56.3 Å². The second-order valence-corrected chi connectivity index (χ2v) is 4.80. The highest BCUT2D eigenvalue weighted by molar-refractivity contribution is 5.86. The van der Waals surface area contributed by atoms with Crippen LogP contribution in [-0.2, 0) is 6.42 Å². The molecular weight excluding hydrogens is 218 g/mol. The highest BCUT2D eigenvalue weighted by Crippen LogP contribution is 2.21. The fourth-order valence-electron chi connectivity index (χ4n) is 1.94. The van der Waals surface area contributed by atoms with E-state index in [1.165, 1.54) is 16.3 Å². The summed E-state index contributed by atoms with van der Waals surface area (Å²) in [6, 6.07) is 14.9. The molecule has 0 saturated heterocycles. The van der Waals surface area contributed by atoms with E-state index >= 15 is 0 Å². The molecule has 0 aromatic heterocycles. The van der Waals surface area contributed by atoms with Crippen LogP contribution in [0.25, 0.3) is 10.8 Å². The van der Waals surface area contributed by atoms with Gasteiger partial charge in [0.15, 0.2) is 0 Å². The third-order valence-corrected chi connectivity index (χ3v) is 2.53. The van der Waals surface area contributed by atoms with Crippen LogP contribution < -0.4 is 5.73 Å². The summed E-state index contributed by atoms with van der Waals surface area (Å²) in [5.41, 5.74) is 7.24. The fraction of sp³-hybridized carbons (Fsp3) is 0.286. The molecule has 2 aromatic rings. The summed E-state index contributed by atoms with van der Waals surface area (Å²) in [6.45, 7) is 4.13. The van der Waals surface area contributed by atoms with Crippen LogP contribution in [0.3, 0.4) is 0 Å². The van der Waals surface area contributed by atoms with E-state index in [1.807, 2.05) is 0 Å². The van der Waals surface area contributed by atoms with Gasteiger partial charge in [0.2, 0.25) is 0 Å². The summed E-state index contributed by atoms with van der Waals surface area (Å²) >= 11 is 0. The molecule has 16 heavy (non-hydrogen) atoms. The molecule has 86 valence electrons. The van der Waals surface area contributed by atoms with Gasteiger partial charge in [0, 0.05) is 5.54 Å². The van der Waals surface area contributed by atoms with Gasteiger partial charge in [0.1, 0.15) is 0 Å². The Morgan fingerprint density at radius 2 is 1.62 bits per heavy atom. The first-order chi connectivity index (χ1) is 7.06. The summed E-state index contributed by atoms with van der Waals surface area (Å²) < 4.78 is 0. The van der Waals surface area contributed by atoms with E-state index < -0.39 is 0 Å². The van der Waals surface area contributed by atoms with E-state index in [4.69, 9.17) is 5.73 Å². The van der Waals surface area contributed by atoms with Crippen molar-refractivity contribution < 1.29 is 0 Å². The number of hydrogen-bond acceptors (Lipinski definition) is 1. The molecule has 0 heterocycles. The Morgan fingerprint density at radius 1 is 1.00 bits per heavy atom. The van der Waals surface area contributed by atoms with Crippen LogP contribution in [0.15, 0.2) is 42.5 Å². The third kappa shape index (κ3) is 2.97. The Labute approximate surface area is 103 Å². The van der Waals surface area contributed by atoms with Gasteiger partial charge in [0.25, 0.3) is 0 Å². The van der Waals surface area contributed by atoms with Crippen LogP contribution in [0.1, 0.15) is 19.4 Å². The van der Waals surface area contributed by atoms with Crippen molar-refractivity contribution in [3.63, 3.8) is 0 Å². The number of halogens is 1. The molecule has 0 aliphatic heterocycles. The van der Waals surface area contributed by atoms with Crippen LogP contribution in [0.2, 0.25) is 0 Å². The molecule has 0 amide bonds. The zero-order valence-electron chi connectivity index (χ0n) is 9.73. The van der Waals surface area contributed by atoms with Gasteiger partial charge in [-0.2, -0.15) is 0 Å². The largest absolute Gasteiger partial charge is 0.325 e. The Balaban J connectivity index is 0.00000128. The average Bonchev–Trinajstić information content (AvgIpc) is 2.16. The molecule has 2 heteroatoms. The quantitative estimate of drug-likeness (QED) is 0.847. The van der Waals surface area contributed by atoms with Crippen molar-refractivity contribution in [1.82, 2.24) is 0 Å². The summed E-state index contributed by atoms with van der Waals surface area (Å²) in [4.78, 5) is 0. The number of rotatable bonds is 2. The molecule has 0 bridgehead atoms. The van der Waals surface area contributed by atoms with Gasteiger partial charge in [-0.05, 0) is 36.6 Å². The van der Waals surface area contributed by atoms with Crippen molar-refractivity contribution in [1.29, 1.82) is 0 Å². The molecule has 0 fully saturated rings. The predicted octanol–water partition coefficient (Wildman–Crippen LogP) is 3.54. The van der Waals surface area contributed by atoms with E-state index in [1.54, 1.807) is 0 Å². The lowest BCUT2D eigenvalue weighted by Crippen LogP contribution is -2.34. The van der Waals surface area contributed by atoms with Gasteiger partial charge in [-0.25, -0.2) is 0 Å². The molecule has 2 rings (SSSR count). The number of fused-ring (bicyclic) bond motifs is 1. The molecular formula is C14H18ClN. The Morgan fingerprint density at radius 3 is 2.31 bits per heavy atom. The number of nitrogens with two attached hydrogens (primary N) is 1. The smallest absolute Gasteiger partial charge is 0.0138 e. The molecule has 0 unspecified atom stereocenters. The van der Waals surface area contributed by atoms with E-state index in [0.717, 1.165) is 6.42 Å². The Hall–Kier alpha value is -1.05. The second kappa shape index (κ2) is 4.86. The lowest BCUT2D eigenvalue weighted by atomic mass is 9.92. The van der Waals surface area contributed by atoms with E-state index in [0.29, 0.717) is 0 Å². The Kier molecular flexibility index (Phi) is 3.95. The van der Waals surface area contributed by atoms with Crippen LogP contribution >= 0.6 is 12.4 Å². The second-order valence-electron chi connectivity index (χ2n) is 4.80. The van der Waals surface area contributed by atoms with Crippen molar-refractivity contribution in [2.24, 2.45) is 5.73 Å². The van der Waals surface area contributed by atoms with Gasteiger partial charge < -0.3 is 5.73 Å². The molecule has 0 saturated carbocycles. The van der Waals surface area contributed by atoms with E-state index in [-0.39, 0.29) is 17.9 Å². The maximum absolute atomic E-state index is 6.06. The zero-order chi connectivity index (χ0) is 10.9. The lowest BCUT2D eigenvalue weighted by molar-refractivity contribution is 0.518. The van der Waals surface area contributed by atoms with Crippen LogP contribution in [0, 0.1) is 0 Å². The van der Waals surface area contributed by atoms with Gasteiger partial charge in [0.05, 0.1) is 0 Å². The summed E-state index contributed by atoms with van der Waals surface area (Å²) in [6.07, 6.45) is 0.911. The predicted molar refractivity (Wildman–Crippen MR) is 73.2 cm³/mol. The van der Waals surface area contributed by atoms with Crippen molar-refractivity contribution in [2.45, 2.75) is 25.8 Å². The molecule has 0 aliphatic carbocycles. The van der Waals surface area contributed by atoms with Crippen molar-refractivity contribution >= 4 is 23.2 Å². The monoisotopic (exact) mass is 235 g/mol. The normalized spacial score (nSPS) is 11.2. The molecule has 2 aromatic carbocycles. The minimum Gasteiger partial charge on any atom is -0.325 e. The van der Waals surface area contributed by atoms with Crippen LogP contribution in [0.4, 0.5) is 0 Å². The van der Waals surface area contributed by atoms with Crippen molar-refractivity contribution in [3.05, 3.63) is 48.0 Å². The maximum atomic E-state index is 6.06. The first-order valence-electron chi connectivity index (χ1n) is 5.32. The molecule has 0 spiro atoms. The summed E-state index contributed by atoms with van der Waals surface area (Å²) in [5, 5.41) is 2.61. The Bertz CT molecular complexity index is 466. The van der Waals surface area contributed by atoms with Crippen molar-refractivity contribution in [2.75, 3.05) is 0 Å². The van der Waals surface area contributed by atoms with Crippen LogP contribution in [0.5, 0.6) is 0 Å². The zero-order valence-corrected chi connectivity index (χ0v) is 10.6. The number of benzene rings is 2. The van der Waals surface area contributed by atoms with E-state index in [9.17, 15) is 0 Å². The third-order valence-electron chi connectivity index (χ3n) is 2.53. The number of hydrogen-bond donors (Lipinski definition) is 1. The molecule has 0 atom stereocenters. The lowest BCUT2D eigenvalue weighted by Gasteiger charge is -2.19. The first kappa shape index (κ1) is 13.0. The average molecular weight is 236 g/mol. The van der Waals surface area contributed by atoms with Gasteiger partial charge in [-0.1, -0.05) is 42.5 Å². The minimum absolute atomic E-state index is 0. The van der Waals surface area contributed by atoms with Gasteiger partial charge in [-0.15, -0.1) is 12.4 Å². The van der Waals surface area contributed by atoms with Gasteiger partial charge >= 0.3 is 0 Å². The summed E-state index contributed by atoms with van der Waals surface area (Å²) in [7, 11) is 0. The molecule has 1 nitrogen and oxygen atoms in total. The standard InChI is InChI=1S/C14H17N.ClH/c1-14(2,15)10-12-8-5-7-11-6-3-4-9-13(11)12;/h3-9H,10,15H2,1-2H3;1H. The molecule has 0 aliphatic rings. The molecule has 2 N–H and O–H groups in total. The minimum atomic E-state index is -0.149. The maximum Gasteiger partial charge on any atom is 0.0138 e. The summed E-state index contributed by atoms with van der Waals surface area (Å²) in [5.74, 6) is 0. The SMILES string of the molecule is CC(C)(N)Cc1cccc2ccccc12.Cl. The van der Waals surface area contributed by atoms with Crippen molar-refractivity contribution in [3.8, 4) is 0 Å². The fourth-order valence-corrected chi connectivity index (χ4v) is 1.94. The topological polar surface area (TPSA) is 26.0 Å². The van der Waals surface area contributed by atoms with Crippen LogP contribution in [-0.4, -0.2) is 5.54 Å². The first-order valence-corrected chi connectivity index (χ1v) is 5.32. The highest BCUT2D eigenvalue weighted by atomic mass is 35.5. The highest BCUT2D eigenvalue weighted by Gasteiger charge is 2.12. The molecule has 0 radical (unpaired) electrons.